The van der Waals surface area contributed by atoms with Gasteiger partial charge < -0.3 is 9.47 Å². The molecule has 26 heavy (non-hydrogen) atoms. The molecule has 1 aliphatic carbocycles. The number of benzene rings is 1. The lowest BCUT2D eigenvalue weighted by Crippen LogP contribution is -2.27. The van der Waals surface area contributed by atoms with Gasteiger partial charge in [0, 0.05) is 23.7 Å². The summed E-state index contributed by atoms with van der Waals surface area (Å²) in [5, 5.41) is 11.6. The summed E-state index contributed by atoms with van der Waals surface area (Å²) in [6, 6.07) is 10.4. The Morgan fingerprint density at radius 3 is 2.42 bits per heavy atom. The molecule has 0 saturated heterocycles. The summed E-state index contributed by atoms with van der Waals surface area (Å²) < 4.78 is 2.16. The molecular weight excluding hydrogens is 344 g/mol. The van der Waals surface area contributed by atoms with E-state index in [9.17, 15) is 5.26 Å². The van der Waals surface area contributed by atoms with E-state index in [0.717, 1.165) is 41.5 Å². The zero-order valence-electron chi connectivity index (χ0n) is 15.6. The highest BCUT2D eigenvalue weighted by molar-refractivity contribution is 6.06. The third kappa shape index (κ3) is 4.17. The van der Waals surface area contributed by atoms with Gasteiger partial charge in [0.2, 0.25) is 0 Å². The third-order valence-corrected chi connectivity index (χ3v) is 4.69. The van der Waals surface area contributed by atoms with Crippen molar-refractivity contribution < 1.29 is 0 Å². The van der Waals surface area contributed by atoms with Crippen LogP contribution < -0.4 is 0 Å². The van der Waals surface area contributed by atoms with Crippen molar-refractivity contribution in [1.82, 2.24) is 14.5 Å². The van der Waals surface area contributed by atoms with Crippen molar-refractivity contribution in [3.05, 3.63) is 42.4 Å². The zero-order valence-corrected chi connectivity index (χ0v) is 16.4. The van der Waals surface area contributed by atoms with Crippen LogP contribution in [0.2, 0.25) is 0 Å². The van der Waals surface area contributed by atoms with Crippen molar-refractivity contribution in [1.29, 1.82) is 5.26 Å². The van der Waals surface area contributed by atoms with Crippen molar-refractivity contribution >= 4 is 23.2 Å². The fraction of sp³-hybridized carbons (Fsp3) is 0.429. The number of rotatable bonds is 8. The quantitative estimate of drug-likeness (QED) is 0.563. The number of aromatic nitrogens is 2. The van der Waals surface area contributed by atoms with E-state index in [1.54, 1.807) is 0 Å². The summed E-state index contributed by atoms with van der Waals surface area (Å²) in [5.41, 5.74) is 2.59. The van der Waals surface area contributed by atoms with Gasteiger partial charge in [-0.3, -0.25) is 0 Å². The highest BCUT2D eigenvalue weighted by Crippen LogP contribution is 2.36. The number of fused-ring (bicyclic) bond motifs is 3. The average Bonchev–Trinajstić information content (AvgIpc) is 2.95. The van der Waals surface area contributed by atoms with Crippen LogP contribution in [0.4, 0.5) is 0 Å². The molecule has 0 fully saturated rings. The molecule has 1 aliphatic heterocycles. The average molecular weight is 371 g/mol. The first-order valence-electron chi connectivity index (χ1n) is 9.27. The fourth-order valence-electron chi connectivity index (χ4n) is 3.60. The monoisotopic (exact) mass is 370 g/mol. The van der Waals surface area contributed by atoms with E-state index in [1.165, 1.54) is 25.9 Å². The van der Waals surface area contributed by atoms with Crippen LogP contribution in [-0.4, -0.2) is 34.1 Å². The maximum atomic E-state index is 9.49. The van der Waals surface area contributed by atoms with E-state index in [1.807, 2.05) is 24.5 Å². The molecule has 138 valence electrons. The first kappa shape index (κ1) is 20.2. The van der Waals surface area contributed by atoms with Crippen molar-refractivity contribution in [2.75, 3.05) is 19.6 Å². The summed E-state index contributed by atoms with van der Waals surface area (Å²) >= 11 is 0. The smallest absolute Gasteiger partial charge is 0.102 e. The van der Waals surface area contributed by atoms with Crippen molar-refractivity contribution in [2.45, 2.75) is 39.7 Å². The Kier molecular flexibility index (Phi) is 7.44. The Labute approximate surface area is 162 Å². The molecule has 0 amide bonds. The number of halogens is 1. The molecule has 2 aliphatic rings. The topological polar surface area (TPSA) is 44.9 Å². The van der Waals surface area contributed by atoms with Crippen molar-refractivity contribution in [2.24, 2.45) is 0 Å². The van der Waals surface area contributed by atoms with Gasteiger partial charge in [0.05, 0.1) is 17.6 Å². The van der Waals surface area contributed by atoms with Gasteiger partial charge in [-0.2, -0.15) is 5.26 Å². The van der Waals surface area contributed by atoms with Gasteiger partial charge in [0.15, 0.2) is 0 Å². The molecule has 1 heterocycles. The molecule has 0 saturated carbocycles. The second-order valence-electron chi connectivity index (χ2n) is 6.60. The van der Waals surface area contributed by atoms with E-state index in [0.29, 0.717) is 5.56 Å². The Hall–Kier alpha value is -2.09. The summed E-state index contributed by atoms with van der Waals surface area (Å²) in [4.78, 5) is 7.13. The van der Waals surface area contributed by atoms with Gasteiger partial charge in [0.1, 0.15) is 6.07 Å². The SMILES string of the molecule is CCCN(CCC)CCCn1cnc2c(C#N)c3ccccc3c-2c1.Cl. The molecule has 0 spiro atoms. The normalized spacial score (nSPS) is 11.0. The van der Waals surface area contributed by atoms with Crippen molar-refractivity contribution in [3.63, 3.8) is 0 Å². The Balaban J connectivity index is 0.00000243. The van der Waals surface area contributed by atoms with Gasteiger partial charge in [-0.25, -0.2) is 4.98 Å². The largest absolute Gasteiger partial charge is 0.338 e. The lowest BCUT2D eigenvalue weighted by atomic mass is 10.2. The van der Waals surface area contributed by atoms with E-state index in [-0.39, 0.29) is 12.4 Å². The third-order valence-electron chi connectivity index (χ3n) is 4.69. The second kappa shape index (κ2) is 9.56. The molecule has 4 nitrogen and oxygen atoms in total. The Bertz CT molecular complexity index is 843. The van der Waals surface area contributed by atoms with E-state index in [4.69, 9.17) is 0 Å². The van der Waals surface area contributed by atoms with Gasteiger partial charge in [-0.1, -0.05) is 38.1 Å². The fourth-order valence-corrected chi connectivity index (χ4v) is 3.60. The molecule has 0 radical (unpaired) electrons. The molecule has 0 aromatic heterocycles. The van der Waals surface area contributed by atoms with Crippen LogP contribution in [0.15, 0.2) is 36.8 Å². The molecule has 0 atom stereocenters. The number of aryl methyl sites for hydroxylation is 1. The maximum Gasteiger partial charge on any atom is 0.102 e. The minimum Gasteiger partial charge on any atom is -0.338 e. The molecule has 3 rings (SSSR count). The minimum atomic E-state index is 0. The van der Waals surface area contributed by atoms with Crippen LogP contribution in [0.1, 0.15) is 38.7 Å². The Morgan fingerprint density at radius 2 is 1.77 bits per heavy atom. The second-order valence-corrected chi connectivity index (χ2v) is 6.60. The first-order valence-corrected chi connectivity index (χ1v) is 9.27. The molecule has 0 bridgehead atoms. The maximum absolute atomic E-state index is 9.49. The van der Waals surface area contributed by atoms with Gasteiger partial charge in [0.25, 0.3) is 0 Å². The lowest BCUT2D eigenvalue weighted by Gasteiger charge is -2.21. The molecule has 5 heteroatoms. The van der Waals surface area contributed by atoms with Crippen LogP contribution in [0.3, 0.4) is 0 Å². The van der Waals surface area contributed by atoms with Crippen LogP contribution in [0.5, 0.6) is 0 Å². The highest BCUT2D eigenvalue weighted by atomic mass is 35.5. The van der Waals surface area contributed by atoms with Crippen LogP contribution >= 0.6 is 12.4 Å². The van der Waals surface area contributed by atoms with E-state index < -0.39 is 0 Å². The van der Waals surface area contributed by atoms with Crippen LogP contribution in [-0.2, 0) is 6.54 Å². The number of hydrogen-bond donors (Lipinski definition) is 0. The summed E-state index contributed by atoms with van der Waals surface area (Å²) in [6.45, 7) is 8.90. The van der Waals surface area contributed by atoms with Gasteiger partial charge >= 0.3 is 0 Å². The molecule has 1 aromatic carbocycles. The summed E-state index contributed by atoms with van der Waals surface area (Å²) in [6.07, 6.45) is 7.54. The predicted molar refractivity (Wildman–Crippen MR) is 110 cm³/mol. The van der Waals surface area contributed by atoms with Crippen LogP contribution in [0.25, 0.3) is 22.0 Å². The van der Waals surface area contributed by atoms with Gasteiger partial charge in [-0.05, 0) is 44.3 Å². The van der Waals surface area contributed by atoms with Crippen LogP contribution in [0, 0.1) is 11.3 Å². The molecular formula is C21H27ClN4. The minimum absolute atomic E-state index is 0. The number of hydrogen-bond acceptors (Lipinski definition) is 3. The molecule has 0 N–H and O–H groups in total. The van der Waals surface area contributed by atoms with E-state index in [2.05, 4.69) is 46.6 Å². The van der Waals surface area contributed by atoms with Crippen molar-refractivity contribution in [3.8, 4) is 17.3 Å². The first-order chi connectivity index (χ1) is 12.3. The van der Waals surface area contributed by atoms with Gasteiger partial charge in [-0.15, -0.1) is 12.4 Å². The number of nitriles is 1. The highest BCUT2D eigenvalue weighted by Gasteiger charge is 2.18. The molecule has 0 unspecified atom stereocenters. The summed E-state index contributed by atoms with van der Waals surface area (Å²) in [5.74, 6) is 0. The lowest BCUT2D eigenvalue weighted by molar-refractivity contribution is 0.266. The standard InChI is InChI=1S/C21H26N4.ClH/c1-3-10-24(11-4-2)12-7-13-25-15-20-18-9-6-5-8-17(18)19(14-22)21(20)23-16-25;/h5-6,8-9,15-16H,3-4,7,10-13H2,1-2H3;1H. The molecule has 1 aromatic rings. The summed E-state index contributed by atoms with van der Waals surface area (Å²) in [7, 11) is 0. The Morgan fingerprint density at radius 1 is 1.08 bits per heavy atom. The van der Waals surface area contributed by atoms with E-state index >= 15 is 0 Å². The number of nitrogens with zero attached hydrogens (tertiary/aromatic N) is 4. The predicted octanol–water partition coefficient (Wildman–Crippen LogP) is 4.95. The zero-order chi connectivity index (χ0) is 17.6.